The molecule has 0 aliphatic rings. The number of hydrogen-bond acceptors (Lipinski definition) is 4. The van der Waals surface area contributed by atoms with Gasteiger partial charge in [-0.05, 0) is 49.2 Å². The number of nitro benzene ring substituents is 1. The molecular formula is C15H16N2O3. The van der Waals surface area contributed by atoms with Gasteiger partial charge < -0.3 is 10.5 Å². The number of ether oxygens (including phenoxy) is 1. The van der Waals surface area contributed by atoms with Crippen LogP contribution in [0.25, 0.3) is 0 Å². The molecule has 0 unspecified atom stereocenters. The second-order valence-corrected chi connectivity index (χ2v) is 4.49. The van der Waals surface area contributed by atoms with Crippen LogP contribution in [0.5, 0.6) is 11.5 Å². The number of non-ortho nitro benzene ring substituents is 1. The average Bonchev–Trinajstić information content (AvgIpc) is 2.43. The van der Waals surface area contributed by atoms with Gasteiger partial charge in [0, 0.05) is 6.07 Å². The van der Waals surface area contributed by atoms with Crippen molar-refractivity contribution in [3.8, 4) is 11.5 Å². The molecule has 20 heavy (non-hydrogen) atoms. The van der Waals surface area contributed by atoms with Crippen LogP contribution in [0.2, 0.25) is 0 Å². The molecule has 0 fully saturated rings. The molecule has 0 heterocycles. The van der Waals surface area contributed by atoms with Gasteiger partial charge in [-0.25, -0.2) is 0 Å². The van der Waals surface area contributed by atoms with Gasteiger partial charge in [0.1, 0.15) is 11.5 Å². The molecule has 0 atom stereocenters. The summed E-state index contributed by atoms with van der Waals surface area (Å²) < 4.78 is 5.70. The standard InChI is InChI=1S/C15H16N2O3/c1-11-2-5-13(17(18)19)10-15(11)20-14-6-3-12(4-7-14)8-9-16/h2-7,10H,8-9,16H2,1H3. The number of aryl methyl sites for hydroxylation is 1. The minimum absolute atomic E-state index is 0.0188. The summed E-state index contributed by atoms with van der Waals surface area (Å²) in [4.78, 5) is 10.3. The van der Waals surface area contributed by atoms with E-state index in [1.807, 2.05) is 31.2 Å². The number of benzene rings is 2. The average molecular weight is 272 g/mol. The molecule has 2 rings (SSSR count). The van der Waals surface area contributed by atoms with E-state index >= 15 is 0 Å². The highest BCUT2D eigenvalue weighted by atomic mass is 16.6. The quantitative estimate of drug-likeness (QED) is 0.669. The van der Waals surface area contributed by atoms with Gasteiger partial charge in [-0.1, -0.05) is 12.1 Å². The Labute approximate surface area is 117 Å². The van der Waals surface area contributed by atoms with E-state index in [0.717, 1.165) is 17.5 Å². The first-order chi connectivity index (χ1) is 9.60. The highest BCUT2D eigenvalue weighted by Crippen LogP contribution is 2.29. The van der Waals surface area contributed by atoms with Crippen LogP contribution in [0.15, 0.2) is 42.5 Å². The predicted octanol–water partition coefficient (Wildman–Crippen LogP) is 3.20. The molecule has 2 aromatic carbocycles. The van der Waals surface area contributed by atoms with Crippen molar-refractivity contribution in [2.45, 2.75) is 13.3 Å². The fourth-order valence-electron chi connectivity index (χ4n) is 1.83. The minimum Gasteiger partial charge on any atom is -0.457 e. The van der Waals surface area contributed by atoms with E-state index in [-0.39, 0.29) is 5.69 Å². The van der Waals surface area contributed by atoms with Crippen molar-refractivity contribution in [3.05, 3.63) is 63.7 Å². The van der Waals surface area contributed by atoms with Crippen molar-refractivity contribution in [2.75, 3.05) is 6.54 Å². The number of nitrogens with two attached hydrogens (primary N) is 1. The summed E-state index contributed by atoms with van der Waals surface area (Å²) in [7, 11) is 0. The van der Waals surface area contributed by atoms with Gasteiger partial charge in [0.15, 0.2) is 0 Å². The van der Waals surface area contributed by atoms with Crippen molar-refractivity contribution in [3.63, 3.8) is 0 Å². The lowest BCUT2D eigenvalue weighted by molar-refractivity contribution is -0.384. The largest absolute Gasteiger partial charge is 0.457 e. The van der Waals surface area contributed by atoms with E-state index in [1.54, 1.807) is 6.07 Å². The lowest BCUT2D eigenvalue weighted by Gasteiger charge is -2.09. The van der Waals surface area contributed by atoms with Gasteiger partial charge in [0.05, 0.1) is 11.0 Å². The lowest BCUT2D eigenvalue weighted by Crippen LogP contribution is -2.02. The molecule has 0 aliphatic carbocycles. The third kappa shape index (κ3) is 3.33. The van der Waals surface area contributed by atoms with Crippen molar-refractivity contribution >= 4 is 5.69 Å². The van der Waals surface area contributed by atoms with Gasteiger partial charge in [-0.3, -0.25) is 10.1 Å². The highest BCUT2D eigenvalue weighted by Gasteiger charge is 2.10. The van der Waals surface area contributed by atoms with Crippen molar-refractivity contribution in [2.24, 2.45) is 5.73 Å². The molecule has 0 aromatic heterocycles. The van der Waals surface area contributed by atoms with E-state index in [9.17, 15) is 10.1 Å². The Morgan fingerprint density at radius 3 is 2.50 bits per heavy atom. The molecule has 0 saturated heterocycles. The van der Waals surface area contributed by atoms with Gasteiger partial charge >= 0.3 is 0 Å². The second kappa shape index (κ2) is 6.16. The van der Waals surface area contributed by atoms with Crippen LogP contribution in [-0.2, 0) is 6.42 Å². The van der Waals surface area contributed by atoms with E-state index in [2.05, 4.69) is 0 Å². The summed E-state index contributed by atoms with van der Waals surface area (Å²) in [5, 5.41) is 10.8. The van der Waals surface area contributed by atoms with Crippen molar-refractivity contribution in [1.82, 2.24) is 0 Å². The van der Waals surface area contributed by atoms with Crippen LogP contribution >= 0.6 is 0 Å². The molecule has 2 aromatic rings. The zero-order valence-electron chi connectivity index (χ0n) is 11.2. The molecule has 5 nitrogen and oxygen atoms in total. The number of rotatable bonds is 5. The first-order valence-corrected chi connectivity index (χ1v) is 6.32. The molecule has 0 amide bonds. The van der Waals surface area contributed by atoms with Crippen LogP contribution in [0.4, 0.5) is 5.69 Å². The van der Waals surface area contributed by atoms with Crippen LogP contribution in [0.1, 0.15) is 11.1 Å². The summed E-state index contributed by atoms with van der Waals surface area (Å²) >= 11 is 0. The van der Waals surface area contributed by atoms with Gasteiger partial charge in [-0.2, -0.15) is 0 Å². The molecule has 2 N–H and O–H groups in total. The Kier molecular flexibility index (Phi) is 4.32. The topological polar surface area (TPSA) is 78.4 Å². The number of nitro groups is 1. The molecule has 0 bridgehead atoms. The fourth-order valence-corrected chi connectivity index (χ4v) is 1.83. The summed E-state index contributed by atoms with van der Waals surface area (Å²) in [6.45, 7) is 2.45. The maximum atomic E-state index is 10.8. The van der Waals surface area contributed by atoms with Crippen LogP contribution < -0.4 is 10.5 Å². The molecule has 104 valence electrons. The van der Waals surface area contributed by atoms with Gasteiger partial charge in [-0.15, -0.1) is 0 Å². The zero-order valence-corrected chi connectivity index (χ0v) is 11.2. The molecular weight excluding hydrogens is 256 g/mol. The third-order valence-electron chi connectivity index (χ3n) is 2.97. The van der Waals surface area contributed by atoms with Crippen LogP contribution in [-0.4, -0.2) is 11.5 Å². The Hall–Kier alpha value is -2.40. The van der Waals surface area contributed by atoms with E-state index in [1.165, 1.54) is 12.1 Å². The second-order valence-electron chi connectivity index (χ2n) is 4.49. The summed E-state index contributed by atoms with van der Waals surface area (Å²) in [5.74, 6) is 1.14. The van der Waals surface area contributed by atoms with E-state index < -0.39 is 4.92 Å². The number of nitrogens with zero attached hydrogens (tertiary/aromatic N) is 1. The minimum atomic E-state index is -0.434. The van der Waals surface area contributed by atoms with Gasteiger partial charge in [0.2, 0.25) is 0 Å². The predicted molar refractivity (Wildman–Crippen MR) is 77.1 cm³/mol. The molecule has 0 radical (unpaired) electrons. The van der Waals surface area contributed by atoms with Gasteiger partial charge in [0.25, 0.3) is 5.69 Å². The van der Waals surface area contributed by atoms with Crippen LogP contribution in [0, 0.1) is 17.0 Å². The van der Waals surface area contributed by atoms with E-state index in [4.69, 9.17) is 10.5 Å². The molecule has 5 heteroatoms. The Bertz CT molecular complexity index is 609. The van der Waals surface area contributed by atoms with Crippen LogP contribution in [0.3, 0.4) is 0 Å². The Balaban J connectivity index is 2.20. The first-order valence-electron chi connectivity index (χ1n) is 6.32. The fraction of sp³-hybridized carbons (Fsp3) is 0.200. The highest BCUT2D eigenvalue weighted by molar-refractivity contribution is 5.45. The number of hydrogen-bond donors (Lipinski definition) is 1. The Morgan fingerprint density at radius 1 is 1.20 bits per heavy atom. The normalized spacial score (nSPS) is 10.3. The SMILES string of the molecule is Cc1ccc([N+](=O)[O-])cc1Oc1ccc(CCN)cc1. The summed E-state index contributed by atoms with van der Waals surface area (Å²) in [6.07, 6.45) is 0.816. The third-order valence-corrected chi connectivity index (χ3v) is 2.97. The zero-order chi connectivity index (χ0) is 14.5. The summed E-state index contributed by atoms with van der Waals surface area (Å²) in [6, 6.07) is 12.1. The molecule has 0 saturated carbocycles. The monoisotopic (exact) mass is 272 g/mol. The maximum Gasteiger partial charge on any atom is 0.273 e. The van der Waals surface area contributed by atoms with Crippen molar-refractivity contribution < 1.29 is 9.66 Å². The molecule has 0 spiro atoms. The Morgan fingerprint density at radius 2 is 1.90 bits per heavy atom. The first kappa shape index (κ1) is 14.0. The van der Waals surface area contributed by atoms with Crippen molar-refractivity contribution in [1.29, 1.82) is 0 Å². The lowest BCUT2D eigenvalue weighted by atomic mass is 10.1. The van der Waals surface area contributed by atoms with E-state index in [0.29, 0.717) is 18.0 Å². The molecule has 0 aliphatic heterocycles. The smallest absolute Gasteiger partial charge is 0.273 e. The maximum absolute atomic E-state index is 10.8. The summed E-state index contributed by atoms with van der Waals surface area (Å²) in [5.41, 5.74) is 7.49.